The Balaban J connectivity index is 3.73. The largest absolute Gasteiger partial charge is 0.358 e. The summed E-state index contributed by atoms with van der Waals surface area (Å²) < 4.78 is 37.0. The van der Waals surface area contributed by atoms with Gasteiger partial charge in [-0.1, -0.05) is 41.5 Å². The van der Waals surface area contributed by atoms with Crippen LogP contribution in [0.2, 0.25) is 0 Å². The summed E-state index contributed by atoms with van der Waals surface area (Å²) in [6, 6.07) is 0. The molecule has 0 bridgehead atoms. The molecular formula is C33H66N6O6. The molecule has 1 aromatic rings. The van der Waals surface area contributed by atoms with Gasteiger partial charge < -0.3 is 28.4 Å². The molecule has 1 heterocycles. The molecule has 1 aromatic heterocycles. The summed E-state index contributed by atoms with van der Waals surface area (Å²) in [7, 11) is 0. The fraction of sp³-hybridized carbons (Fsp3) is 0.909. The third-order valence-electron chi connectivity index (χ3n) is 7.99. The molecule has 0 spiro atoms. The Morgan fingerprint density at radius 2 is 0.511 bits per heavy atom. The van der Waals surface area contributed by atoms with Crippen LogP contribution in [0.15, 0.2) is 0 Å². The van der Waals surface area contributed by atoms with Gasteiger partial charge in [-0.3, -0.25) is 14.7 Å². The van der Waals surface area contributed by atoms with Crippen molar-refractivity contribution in [1.82, 2.24) is 15.0 Å². The van der Waals surface area contributed by atoms with Gasteiger partial charge in [0.05, 0.1) is 36.6 Å². The normalized spacial score (nSPS) is 15.7. The van der Waals surface area contributed by atoms with Gasteiger partial charge in [-0.2, -0.15) is 15.0 Å². The lowest BCUT2D eigenvalue weighted by molar-refractivity contribution is 0.0192. The van der Waals surface area contributed by atoms with E-state index in [1.165, 1.54) is 0 Å². The number of aromatic nitrogens is 3. The van der Waals surface area contributed by atoms with E-state index in [-0.39, 0.29) is 77.0 Å². The first-order valence-electron chi connectivity index (χ1n) is 17.2. The highest BCUT2D eigenvalue weighted by atomic mass is 16.5. The van der Waals surface area contributed by atoms with E-state index >= 15 is 0 Å². The minimum atomic E-state index is 0.0607. The number of rotatable bonds is 27. The Morgan fingerprint density at radius 3 is 0.644 bits per heavy atom. The van der Waals surface area contributed by atoms with Gasteiger partial charge in [0.1, 0.15) is 40.4 Å². The lowest BCUT2D eigenvalue weighted by atomic mass is 10.3. The van der Waals surface area contributed by atoms with Gasteiger partial charge in [0.25, 0.3) is 0 Å². The molecule has 45 heavy (non-hydrogen) atoms. The minimum Gasteiger partial charge on any atom is -0.358 e. The highest BCUT2D eigenvalue weighted by Gasteiger charge is 2.24. The van der Waals surface area contributed by atoms with Gasteiger partial charge >= 0.3 is 0 Å². The molecule has 0 aliphatic heterocycles. The Bertz CT molecular complexity index is 722. The summed E-state index contributed by atoms with van der Waals surface area (Å²) in [4.78, 5) is 20.6. The van der Waals surface area contributed by atoms with Crippen LogP contribution in [0.4, 0.5) is 17.8 Å². The quantitative estimate of drug-likeness (QED) is 0.0930. The summed E-state index contributed by atoms with van der Waals surface area (Å²) in [5.74, 6) is 1.28. The Labute approximate surface area is 274 Å². The second-order valence-corrected chi connectivity index (χ2v) is 11.9. The maximum Gasteiger partial charge on any atom is 0.235 e. The topological polar surface area (TPSA) is 104 Å². The van der Waals surface area contributed by atoms with Crippen LogP contribution in [-0.4, -0.2) is 92.0 Å². The first-order chi connectivity index (χ1) is 21.5. The van der Waals surface area contributed by atoms with Crippen LogP contribution in [0, 0.1) is 0 Å². The molecule has 1 rings (SSSR count). The number of hydrogen-bond donors (Lipinski definition) is 0. The van der Waals surface area contributed by atoms with E-state index < -0.39 is 0 Å². The Kier molecular flexibility index (Phi) is 21.5. The van der Waals surface area contributed by atoms with Crippen molar-refractivity contribution in [3.63, 3.8) is 0 Å². The Morgan fingerprint density at radius 1 is 0.356 bits per heavy atom. The van der Waals surface area contributed by atoms with Crippen LogP contribution < -0.4 is 14.7 Å². The number of anilines is 3. The monoisotopic (exact) mass is 643 g/mol. The maximum atomic E-state index is 6.17. The van der Waals surface area contributed by atoms with Crippen LogP contribution in [0.1, 0.15) is 122 Å². The van der Waals surface area contributed by atoms with Crippen LogP contribution in [0.25, 0.3) is 0 Å². The van der Waals surface area contributed by atoms with Crippen molar-refractivity contribution in [2.45, 2.75) is 158 Å². The molecule has 12 nitrogen and oxygen atoms in total. The van der Waals surface area contributed by atoms with Crippen molar-refractivity contribution in [3.05, 3.63) is 0 Å². The molecule has 0 aliphatic carbocycles. The predicted octanol–water partition coefficient (Wildman–Crippen LogP) is 6.93. The molecule has 6 unspecified atom stereocenters. The summed E-state index contributed by atoms with van der Waals surface area (Å²) in [6.45, 7) is 26.5. The fourth-order valence-electron chi connectivity index (χ4n) is 3.24. The molecular weight excluding hydrogens is 576 g/mol. The summed E-state index contributed by atoms with van der Waals surface area (Å²) in [5, 5.41) is 0. The van der Waals surface area contributed by atoms with E-state index in [0.717, 1.165) is 38.5 Å². The van der Waals surface area contributed by atoms with Crippen molar-refractivity contribution >= 4 is 17.8 Å². The zero-order chi connectivity index (χ0) is 33.8. The van der Waals surface area contributed by atoms with E-state index in [1.54, 1.807) is 0 Å². The van der Waals surface area contributed by atoms with Gasteiger partial charge in [-0.05, 0) is 80.1 Å². The zero-order valence-electron chi connectivity index (χ0n) is 30.6. The molecule has 12 heteroatoms. The van der Waals surface area contributed by atoms with E-state index in [0.29, 0.717) is 17.8 Å². The average molecular weight is 643 g/mol. The van der Waals surface area contributed by atoms with E-state index in [9.17, 15) is 0 Å². The van der Waals surface area contributed by atoms with Gasteiger partial charge in [-0.25, -0.2) is 0 Å². The molecule has 0 aromatic carbocycles. The van der Waals surface area contributed by atoms with E-state index in [1.807, 2.05) is 14.7 Å². The second-order valence-electron chi connectivity index (χ2n) is 11.9. The van der Waals surface area contributed by atoms with Crippen molar-refractivity contribution in [3.8, 4) is 0 Å². The Hall–Kier alpha value is -1.83. The fourth-order valence-corrected chi connectivity index (χ4v) is 3.24. The van der Waals surface area contributed by atoms with Crippen molar-refractivity contribution in [2.24, 2.45) is 0 Å². The molecule has 0 radical (unpaired) electrons. The number of ether oxygens (including phenoxy) is 6. The molecule has 0 amide bonds. The maximum absolute atomic E-state index is 6.17. The molecule has 0 aliphatic rings. The van der Waals surface area contributed by atoms with Crippen LogP contribution >= 0.6 is 0 Å². The first-order valence-corrected chi connectivity index (χ1v) is 17.2. The lowest BCUT2D eigenvalue weighted by Crippen LogP contribution is -2.38. The third-order valence-corrected chi connectivity index (χ3v) is 7.99. The minimum absolute atomic E-state index is 0.0607. The average Bonchev–Trinajstić information content (AvgIpc) is 3.06. The smallest absolute Gasteiger partial charge is 0.235 e. The highest BCUT2D eigenvalue weighted by Crippen LogP contribution is 2.22. The van der Waals surface area contributed by atoms with Gasteiger partial charge in [0.2, 0.25) is 17.8 Å². The summed E-state index contributed by atoms with van der Waals surface area (Å²) >= 11 is 0. The van der Waals surface area contributed by atoms with Crippen LogP contribution in [-0.2, 0) is 28.4 Å². The summed E-state index contributed by atoms with van der Waals surface area (Å²) in [5.41, 5.74) is 0. The zero-order valence-corrected chi connectivity index (χ0v) is 30.6. The number of nitrogens with zero attached hydrogens (tertiary/aromatic N) is 6. The molecule has 6 atom stereocenters. The third kappa shape index (κ3) is 16.5. The highest BCUT2D eigenvalue weighted by molar-refractivity contribution is 5.45. The standard InChI is InChI=1S/C33H66N6O6/c1-13-25(7)40-19-37(20-41-26(8)14-2)31-34-32(38(21-42-27(9)15-3)22-43-28(10)16-4)36-33(35-31)39(23-44-29(11)17-5)24-45-30(12)18-6/h25-30H,13-24H2,1-12H3. The summed E-state index contributed by atoms with van der Waals surface area (Å²) in [6.07, 6.45) is 5.67. The van der Waals surface area contributed by atoms with Crippen molar-refractivity contribution in [1.29, 1.82) is 0 Å². The van der Waals surface area contributed by atoms with E-state index in [2.05, 4.69) is 83.1 Å². The van der Waals surface area contributed by atoms with E-state index in [4.69, 9.17) is 43.4 Å². The van der Waals surface area contributed by atoms with Crippen LogP contribution in [0.5, 0.6) is 0 Å². The molecule has 0 saturated heterocycles. The van der Waals surface area contributed by atoms with Gasteiger partial charge in [-0.15, -0.1) is 0 Å². The molecule has 0 N–H and O–H groups in total. The van der Waals surface area contributed by atoms with Crippen molar-refractivity contribution < 1.29 is 28.4 Å². The van der Waals surface area contributed by atoms with Gasteiger partial charge in [0.15, 0.2) is 0 Å². The van der Waals surface area contributed by atoms with Crippen molar-refractivity contribution in [2.75, 3.05) is 55.1 Å². The van der Waals surface area contributed by atoms with Gasteiger partial charge in [0, 0.05) is 0 Å². The molecule has 0 saturated carbocycles. The SMILES string of the molecule is CCC(C)OCN(COC(C)CC)c1nc(N(COC(C)CC)COC(C)CC)nc(N(COC(C)CC)COC(C)CC)n1. The molecule has 264 valence electrons. The lowest BCUT2D eigenvalue weighted by Gasteiger charge is -2.31. The second kappa shape index (κ2) is 23.5. The van der Waals surface area contributed by atoms with Crippen LogP contribution in [0.3, 0.4) is 0 Å². The first kappa shape index (κ1) is 41.2. The predicted molar refractivity (Wildman–Crippen MR) is 181 cm³/mol. The molecule has 0 fully saturated rings. The number of hydrogen-bond acceptors (Lipinski definition) is 12.